The van der Waals surface area contributed by atoms with E-state index in [1.54, 1.807) is 31.4 Å². The molecule has 3 rings (SSSR count). The number of anilines is 1. The molecule has 0 aliphatic carbocycles. The number of para-hydroxylation sites is 1. The number of carbonyl (C=O) groups excluding carboxylic acids is 1. The average molecular weight is 395 g/mol. The van der Waals surface area contributed by atoms with Crippen molar-refractivity contribution >= 4 is 22.6 Å². The first-order chi connectivity index (χ1) is 14.0. The highest BCUT2D eigenvalue weighted by molar-refractivity contribution is 5.89. The Hall–Kier alpha value is -3.32. The number of methoxy groups -OCH3 is 1. The first kappa shape index (κ1) is 20.4. The number of H-pyrrole nitrogens is 1. The lowest BCUT2D eigenvalue weighted by atomic mass is 10.1. The fourth-order valence-corrected chi connectivity index (χ4v) is 3.14. The summed E-state index contributed by atoms with van der Waals surface area (Å²) in [7, 11) is 1.58. The number of hydrogen-bond donors (Lipinski definition) is 3. The van der Waals surface area contributed by atoms with Gasteiger partial charge in [-0.05, 0) is 54.6 Å². The highest BCUT2D eigenvalue weighted by Gasteiger charge is 2.16. The predicted octanol–water partition coefficient (Wildman–Crippen LogP) is 3.26. The van der Waals surface area contributed by atoms with E-state index in [-0.39, 0.29) is 24.7 Å². The molecule has 2 aromatic carbocycles. The Morgan fingerprint density at radius 2 is 1.97 bits per heavy atom. The van der Waals surface area contributed by atoms with Crippen molar-refractivity contribution in [2.24, 2.45) is 0 Å². The van der Waals surface area contributed by atoms with E-state index in [1.165, 1.54) is 4.90 Å². The van der Waals surface area contributed by atoms with E-state index in [2.05, 4.69) is 10.3 Å². The van der Waals surface area contributed by atoms with Crippen LogP contribution in [0.2, 0.25) is 0 Å². The van der Waals surface area contributed by atoms with E-state index in [4.69, 9.17) is 4.74 Å². The predicted molar refractivity (Wildman–Crippen MR) is 113 cm³/mol. The smallest absolute Gasteiger partial charge is 0.322 e. The summed E-state index contributed by atoms with van der Waals surface area (Å²) >= 11 is 0. The second-order valence-corrected chi connectivity index (χ2v) is 6.82. The number of aryl methyl sites for hydroxylation is 1. The molecule has 0 saturated heterocycles. The van der Waals surface area contributed by atoms with Crippen LogP contribution in [-0.4, -0.2) is 41.3 Å². The number of ether oxygens (including phenoxy) is 1. The van der Waals surface area contributed by atoms with Crippen molar-refractivity contribution in [1.29, 1.82) is 0 Å². The van der Waals surface area contributed by atoms with Crippen LogP contribution in [0.25, 0.3) is 10.9 Å². The maximum atomic E-state index is 12.8. The van der Waals surface area contributed by atoms with Gasteiger partial charge in [0.15, 0.2) is 0 Å². The summed E-state index contributed by atoms with van der Waals surface area (Å²) in [6, 6.07) is 14.3. The van der Waals surface area contributed by atoms with Crippen LogP contribution in [0.1, 0.15) is 17.5 Å². The molecule has 1 heterocycles. The maximum Gasteiger partial charge on any atom is 0.322 e. The third kappa shape index (κ3) is 4.94. The summed E-state index contributed by atoms with van der Waals surface area (Å²) in [5.41, 5.74) is 2.67. The normalized spacial score (nSPS) is 10.7. The number of aliphatic hydroxyl groups excluding tert-OH is 1. The molecular formula is C22H25N3O4. The van der Waals surface area contributed by atoms with Crippen LogP contribution in [-0.2, 0) is 6.54 Å². The van der Waals surface area contributed by atoms with E-state index in [9.17, 15) is 14.7 Å². The molecule has 1 aromatic heterocycles. The van der Waals surface area contributed by atoms with Gasteiger partial charge < -0.3 is 25.0 Å². The van der Waals surface area contributed by atoms with Crippen molar-refractivity contribution < 1.29 is 14.6 Å². The van der Waals surface area contributed by atoms with Gasteiger partial charge in [0.25, 0.3) is 5.56 Å². The minimum atomic E-state index is -0.340. The lowest BCUT2D eigenvalue weighted by Crippen LogP contribution is -2.37. The zero-order valence-electron chi connectivity index (χ0n) is 16.6. The number of fused-ring (bicyclic) bond motifs is 1. The molecular weight excluding hydrogens is 370 g/mol. The Morgan fingerprint density at radius 3 is 2.66 bits per heavy atom. The number of aliphatic hydroxyl groups is 1. The van der Waals surface area contributed by atoms with Crippen molar-refractivity contribution in [3.63, 3.8) is 0 Å². The summed E-state index contributed by atoms with van der Waals surface area (Å²) in [5.74, 6) is 0.693. The summed E-state index contributed by atoms with van der Waals surface area (Å²) in [4.78, 5) is 29.8. The Bertz CT molecular complexity index is 1040. The fraction of sp³-hybridized carbons (Fsp3) is 0.273. The number of benzene rings is 2. The second-order valence-electron chi connectivity index (χ2n) is 6.82. The number of aromatic nitrogens is 1. The number of nitrogens with zero attached hydrogens (tertiary/aromatic N) is 1. The number of pyridine rings is 1. The molecule has 29 heavy (non-hydrogen) atoms. The number of amides is 2. The van der Waals surface area contributed by atoms with Gasteiger partial charge in [0.05, 0.1) is 19.2 Å². The van der Waals surface area contributed by atoms with Crippen LogP contribution in [0.4, 0.5) is 10.5 Å². The van der Waals surface area contributed by atoms with E-state index < -0.39 is 0 Å². The Morgan fingerprint density at radius 1 is 1.21 bits per heavy atom. The third-order valence-electron chi connectivity index (χ3n) is 4.74. The average Bonchev–Trinajstić information content (AvgIpc) is 2.72. The third-order valence-corrected chi connectivity index (χ3v) is 4.74. The van der Waals surface area contributed by atoms with Gasteiger partial charge in [-0.2, -0.15) is 0 Å². The molecule has 0 aliphatic heterocycles. The van der Waals surface area contributed by atoms with Crippen LogP contribution in [0.5, 0.6) is 5.75 Å². The number of hydrogen-bond acceptors (Lipinski definition) is 4. The molecule has 7 nitrogen and oxygen atoms in total. The summed E-state index contributed by atoms with van der Waals surface area (Å²) in [6.07, 6.45) is 0.417. The number of rotatable bonds is 7. The van der Waals surface area contributed by atoms with Gasteiger partial charge in [-0.1, -0.05) is 18.2 Å². The lowest BCUT2D eigenvalue weighted by molar-refractivity contribution is 0.199. The topological polar surface area (TPSA) is 94.7 Å². The van der Waals surface area contributed by atoms with E-state index in [0.717, 1.165) is 16.5 Å². The van der Waals surface area contributed by atoms with Crippen molar-refractivity contribution in [1.82, 2.24) is 9.88 Å². The molecule has 0 fully saturated rings. The van der Waals surface area contributed by atoms with Crippen LogP contribution in [0.15, 0.2) is 53.3 Å². The zero-order chi connectivity index (χ0) is 20.8. The minimum Gasteiger partial charge on any atom is -0.497 e. The van der Waals surface area contributed by atoms with Gasteiger partial charge in [-0.3, -0.25) is 4.79 Å². The molecule has 0 bridgehead atoms. The summed E-state index contributed by atoms with van der Waals surface area (Å²) < 4.78 is 5.12. The molecule has 0 saturated carbocycles. The molecule has 2 amide bonds. The molecule has 0 radical (unpaired) electrons. The van der Waals surface area contributed by atoms with Gasteiger partial charge >= 0.3 is 6.03 Å². The minimum absolute atomic E-state index is 0.0421. The highest BCUT2D eigenvalue weighted by Crippen LogP contribution is 2.18. The quantitative estimate of drug-likeness (QED) is 0.572. The van der Waals surface area contributed by atoms with Crippen molar-refractivity contribution in [2.45, 2.75) is 19.9 Å². The fourth-order valence-electron chi connectivity index (χ4n) is 3.14. The molecule has 0 unspecified atom stereocenters. The van der Waals surface area contributed by atoms with Crippen LogP contribution in [0.3, 0.4) is 0 Å². The first-order valence-electron chi connectivity index (χ1n) is 9.44. The standard InChI is InChI=1S/C22H25N3O4/c1-15-5-3-6-16-13-17(21(27)24-20(15)16)14-25(11-4-12-26)22(28)23-18-7-9-19(29-2)10-8-18/h3,5-10,13,26H,4,11-12,14H2,1-2H3,(H,23,28)(H,24,27). The maximum absolute atomic E-state index is 12.8. The summed E-state index contributed by atoms with van der Waals surface area (Å²) in [6.45, 7) is 2.36. The van der Waals surface area contributed by atoms with Gasteiger partial charge in [-0.25, -0.2) is 4.79 Å². The SMILES string of the molecule is COc1ccc(NC(=O)N(CCCO)Cc2cc3cccc(C)c3[nH]c2=O)cc1. The first-order valence-corrected chi connectivity index (χ1v) is 9.44. The number of nitrogens with one attached hydrogen (secondary N) is 2. The van der Waals surface area contributed by atoms with Crippen molar-refractivity contribution in [3.05, 3.63) is 70.0 Å². The Balaban J connectivity index is 1.82. The molecule has 7 heteroatoms. The zero-order valence-corrected chi connectivity index (χ0v) is 16.6. The second kappa shape index (κ2) is 9.25. The van der Waals surface area contributed by atoms with Gasteiger partial charge in [0.2, 0.25) is 0 Å². The molecule has 0 atom stereocenters. The van der Waals surface area contributed by atoms with Crippen molar-refractivity contribution in [2.75, 3.05) is 25.6 Å². The lowest BCUT2D eigenvalue weighted by Gasteiger charge is -2.23. The number of urea groups is 1. The molecule has 152 valence electrons. The van der Waals surface area contributed by atoms with Crippen molar-refractivity contribution in [3.8, 4) is 5.75 Å². The van der Waals surface area contributed by atoms with E-state index in [1.807, 2.05) is 31.2 Å². The highest BCUT2D eigenvalue weighted by atomic mass is 16.5. The molecule has 3 N–H and O–H groups in total. The monoisotopic (exact) mass is 395 g/mol. The van der Waals surface area contributed by atoms with Crippen LogP contribution < -0.4 is 15.6 Å². The van der Waals surface area contributed by atoms with E-state index in [0.29, 0.717) is 30.0 Å². The number of carbonyl (C=O) groups is 1. The largest absolute Gasteiger partial charge is 0.497 e. The van der Waals surface area contributed by atoms with Crippen LogP contribution in [0, 0.1) is 6.92 Å². The van der Waals surface area contributed by atoms with Crippen LogP contribution >= 0.6 is 0 Å². The number of aromatic amines is 1. The molecule has 3 aromatic rings. The molecule has 0 spiro atoms. The van der Waals surface area contributed by atoms with Gasteiger partial charge in [-0.15, -0.1) is 0 Å². The summed E-state index contributed by atoms with van der Waals surface area (Å²) in [5, 5.41) is 12.9. The van der Waals surface area contributed by atoms with E-state index >= 15 is 0 Å². The Labute approximate surface area is 168 Å². The van der Waals surface area contributed by atoms with Gasteiger partial charge in [0, 0.05) is 24.4 Å². The Kier molecular flexibility index (Phi) is 6.51. The van der Waals surface area contributed by atoms with Gasteiger partial charge in [0.1, 0.15) is 5.75 Å². The molecule has 0 aliphatic rings.